The second-order valence-corrected chi connectivity index (χ2v) is 6.88. The summed E-state index contributed by atoms with van der Waals surface area (Å²) in [6, 6.07) is 1.27. The molecule has 1 rings (SSSR count). The third-order valence-corrected chi connectivity index (χ3v) is 5.43. The van der Waals surface area contributed by atoms with Crippen molar-refractivity contribution in [3.8, 4) is 0 Å². The lowest BCUT2D eigenvalue weighted by Crippen LogP contribution is -2.37. The Morgan fingerprint density at radius 1 is 1.62 bits per heavy atom. The van der Waals surface area contributed by atoms with Crippen LogP contribution in [0.3, 0.4) is 0 Å². The second kappa shape index (κ2) is 6.18. The Bertz CT molecular complexity index is 425. The smallest absolute Gasteiger partial charge is 0.250 e. The van der Waals surface area contributed by atoms with Crippen LogP contribution in [0.4, 0.5) is 0 Å². The van der Waals surface area contributed by atoms with Crippen LogP contribution in [0, 0.1) is 6.92 Å². The summed E-state index contributed by atoms with van der Waals surface area (Å²) in [5.41, 5.74) is 6.11. The summed E-state index contributed by atoms with van der Waals surface area (Å²) in [6.07, 6.45) is 0. The Balaban J connectivity index is 0.00000225. The van der Waals surface area contributed by atoms with Crippen LogP contribution >= 0.6 is 35.3 Å². The van der Waals surface area contributed by atoms with Crippen molar-refractivity contribution in [1.29, 1.82) is 0 Å². The summed E-state index contributed by atoms with van der Waals surface area (Å²) in [5, 5.41) is 0. The molecule has 0 unspecified atom stereocenters. The van der Waals surface area contributed by atoms with Gasteiger partial charge in [0.15, 0.2) is 0 Å². The van der Waals surface area contributed by atoms with Crippen molar-refractivity contribution in [2.45, 2.75) is 24.1 Å². The van der Waals surface area contributed by atoms with E-state index in [9.17, 15) is 8.42 Å². The van der Waals surface area contributed by atoms with Gasteiger partial charge in [-0.1, -0.05) is 11.6 Å². The molecule has 0 aliphatic rings. The highest BCUT2D eigenvalue weighted by Crippen LogP contribution is 2.29. The molecule has 0 amide bonds. The molecule has 3 N–H and O–H groups in total. The van der Waals surface area contributed by atoms with Gasteiger partial charge < -0.3 is 5.73 Å². The van der Waals surface area contributed by atoms with Crippen LogP contribution in [-0.2, 0) is 10.0 Å². The third kappa shape index (κ3) is 3.87. The van der Waals surface area contributed by atoms with Gasteiger partial charge in [-0.15, -0.1) is 23.7 Å². The normalized spacial score (nSPS) is 13.2. The SMILES string of the molecule is Cc1cc(S(=O)(=O)N[C@H](C)CN)sc1Cl.Cl. The lowest BCUT2D eigenvalue weighted by atomic mass is 10.4. The molecule has 1 aromatic rings. The van der Waals surface area contributed by atoms with Crippen LogP contribution in [0.25, 0.3) is 0 Å². The van der Waals surface area contributed by atoms with Gasteiger partial charge in [-0.2, -0.15) is 0 Å². The summed E-state index contributed by atoms with van der Waals surface area (Å²) >= 11 is 6.86. The minimum Gasteiger partial charge on any atom is -0.329 e. The van der Waals surface area contributed by atoms with Crippen molar-refractivity contribution in [2.75, 3.05) is 6.54 Å². The van der Waals surface area contributed by atoms with E-state index in [-0.39, 0.29) is 29.2 Å². The van der Waals surface area contributed by atoms with Gasteiger partial charge in [0.25, 0.3) is 0 Å². The van der Waals surface area contributed by atoms with Crippen molar-refractivity contribution in [2.24, 2.45) is 5.73 Å². The van der Waals surface area contributed by atoms with Crippen LogP contribution in [0.5, 0.6) is 0 Å². The lowest BCUT2D eigenvalue weighted by molar-refractivity contribution is 0.564. The Kier molecular flexibility index (Phi) is 6.24. The maximum absolute atomic E-state index is 11.8. The average molecular weight is 305 g/mol. The zero-order valence-corrected chi connectivity index (χ0v) is 12.1. The number of hydrogen-bond acceptors (Lipinski definition) is 4. The molecule has 0 aliphatic carbocycles. The molecule has 1 heterocycles. The molecule has 0 aliphatic heterocycles. The molecule has 0 aromatic carbocycles. The van der Waals surface area contributed by atoms with Crippen LogP contribution in [0.2, 0.25) is 4.34 Å². The molecule has 0 fully saturated rings. The number of hydrogen-bond donors (Lipinski definition) is 2. The van der Waals surface area contributed by atoms with Crippen LogP contribution in [0.15, 0.2) is 10.3 Å². The highest BCUT2D eigenvalue weighted by atomic mass is 35.5. The molecular weight excluding hydrogens is 291 g/mol. The fraction of sp³-hybridized carbons (Fsp3) is 0.500. The van der Waals surface area contributed by atoms with Crippen molar-refractivity contribution < 1.29 is 8.42 Å². The summed E-state index contributed by atoms with van der Waals surface area (Å²) in [5.74, 6) is 0. The van der Waals surface area contributed by atoms with Gasteiger partial charge in [-0.3, -0.25) is 0 Å². The van der Waals surface area contributed by atoms with Gasteiger partial charge in [0, 0.05) is 12.6 Å². The number of aryl methyl sites for hydroxylation is 1. The van der Waals surface area contributed by atoms with Gasteiger partial charge in [0.1, 0.15) is 4.21 Å². The van der Waals surface area contributed by atoms with Crippen molar-refractivity contribution in [3.63, 3.8) is 0 Å². The summed E-state index contributed by atoms with van der Waals surface area (Å²) in [6.45, 7) is 3.74. The summed E-state index contributed by atoms with van der Waals surface area (Å²) in [7, 11) is -3.47. The van der Waals surface area contributed by atoms with Crippen LogP contribution in [0.1, 0.15) is 12.5 Å². The molecule has 0 saturated heterocycles. The van der Waals surface area contributed by atoms with E-state index in [0.29, 0.717) is 4.34 Å². The first-order valence-corrected chi connectivity index (χ1v) is 7.03. The highest BCUT2D eigenvalue weighted by molar-refractivity contribution is 7.91. The molecule has 4 nitrogen and oxygen atoms in total. The average Bonchev–Trinajstić information content (AvgIpc) is 2.47. The first-order chi connectivity index (χ1) is 6.86. The first kappa shape index (κ1) is 16.1. The van der Waals surface area contributed by atoms with E-state index in [4.69, 9.17) is 17.3 Å². The highest BCUT2D eigenvalue weighted by Gasteiger charge is 2.19. The Morgan fingerprint density at radius 2 is 2.19 bits per heavy atom. The van der Waals surface area contributed by atoms with Crippen molar-refractivity contribution in [3.05, 3.63) is 16.0 Å². The quantitative estimate of drug-likeness (QED) is 0.890. The molecule has 0 radical (unpaired) electrons. The second-order valence-electron chi connectivity index (χ2n) is 3.28. The standard InChI is InChI=1S/C8H13ClN2O2S2.ClH/c1-5-3-7(14-8(5)9)15(12,13)11-6(2)4-10;/h3,6,11H,4,10H2,1-2H3;1H/t6-;/m1./s1. The van der Waals surface area contributed by atoms with Crippen molar-refractivity contribution >= 4 is 45.4 Å². The molecule has 16 heavy (non-hydrogen) atoms. The number of thiophene rings is 1. The first-order valence-electron chi connectivity index (χ1n) is 4.35. The molecule has 0 bridgehead atoms. The number of sulfonamides is 1. The molecule has 1 aromatic heterocycles. The zero-order valence-electron chi connectivity index (χ0n) is 8.86. The number of nitrogens with one attached hydrogen (secondary N) is 1. The van der Waals surface area contributed by atoms with E-state index in [1.54, 1.807) is 19.9 Å². The third-order valence-electron chi connectivity index (χ3n) is 1.81. The molecule has 0 saturated carbocycles. The maximum atomic E-state index is 11.8. The summed E-state index contributed by atoms with van der Waals surface area (Å²) in [4.78, 5) is 0. The van der Waals surface area contributed by atoms with E-state index in [2.05, 4.69) is 4.72 Å². The number of rotatable bonds is 4. The predicted molar refractivity (Wildman–Crippen MR) is 70.2 cm³/mol. The maximum Gasteiger partial charge on any atom is 0.250 e. The fourth-order valence-electron chi connectivity index (χ4n) is 0.935. The van der Waals surface area contributed by atoms with E-state index in [1.807, 2.05) is 0 Å². The molecule has 94 valence electrons. The topological polar surface area (TPSA) is 72.2 Å². The van der Waals surface area contributed by atoms with Gasteiger partial charge in [0.05, 0.1) is 4.34 Å². The number of halogens is 2. The Labute approximate surface area is 111 Å². The van der Waals surface area contributed by atoms with Crippen LogP contribution < -0.4 is 10.5 Å². The Morgan fingerprint density at radius 3 is 2.56 bits per heavy atom. The molecular formula is C8H14Cl2N2O2S2. The zero-order chi connectivity index (χ0) is 11.6. The van der Waals surface area contributed by atoms with E-state index in [0.717, 1.165) is 16.9 Å². The number of nitrogens with two attached hydrogens (primary N) is 1. The van der Waals surface area contributed by atoms with Gasteiger partial charge in [-0.05, 0) is 25.5 Å². The van der Waals surface area contributed by atoms with E-state index < -0.39 is 10.0 Å². The van der Waals surface area contributed by atoms with E-state index in [1.165, 1.54) is 0 Å². The van der Waals surface area contributed by atoms with Gasteiger partial charge >= 0.3 is 0 Å². The van der Waals surface area contributed by atoms with Crippen molar-refractivity contribution in [1.82, 2.24) is 4.72 Å². The molecule has 0 spiro atoms. The van der Waals surface area contributed by atoms with E-state index >= 15 is 0 Å². The minimum atomic E-state index is -3.47. The predicted octanol–water partition coefficient (Wildman–Crippen LogP) is 1.76. The summed E-state index contributed by atoms with van der Waals surface area (Å²) < 4.78 is 26.7. The van der Waals surface area contributed by atoms with Gasteiger partial charge in [-0.25, -0.2) is 13.1 Å². The van der Waals surface area contributed by atoms with Gasteiger partial charge in [0.2, 0.25) is 10.0 Å². The fourth-order valence-corrected chi connectivity index (χ4v) is 3.92. The van der Waals surface area contributed by atoms with Crippen LogP contribution in [-0.4, -0.2) is 21.0 Å². The lowest BCUT2D eigenvalue weighted by Gasteiger charge is -2.09. The Hall–Kier alpha value is 0.150. The monoisotopic (exact) mass is 304 g/mol. The molecule has 8 heteroatoms. The minimum absolute atomic E-state index is 0. The largest absolute Gasteiger partial charge is 0.329 e. The molecule has 1 atom stereocenters.